The molecule has 6 nitrogen and oxygen atoms in total. The molecule has 5 rings (SSSR count). The Morgan fingerprint density at radius 1 is 0.892 bits per heavy atom. The minimum absolute atomic E-state index is 0.0323. The van der Waals surface area contributed by atoms with E-state index in [1.54, 1.807) is 19.5 Å². The number of nitrogens with zero attached hydrogens (tertiary/aromatic N) is 3. The summed E-state index contributed by atoms with van der Waals surface area (Å²) in [5, 5.41) is 3.35. The van der Waals surface area contributed by atoms with E-state index in [-0.39, 0.29) is 17.4 Å². The number of amides is 1. The van der Waals surface area contributed by atoms with Gasteiger partial charge in [0.05, 0.1) is 13.2 Å². The van der Waals surface area contributed by atoms with E-state index in [1.807, 2.05) is 54.6 Å². The van der Waals surface area contributed by atoms with Gasteiger partial charge in [-0.05, 0) is 47.7 Å². The highest BCUT2D eigenvalue weighted by atomic mass is 16.5. The summed E-state index contributed by atoms with van der Waals surface area (Å²) >= 11 is 0. The maximum absolute atomic E-state index is 13.8. The monoisotopic (exact) mass is 492 g/mol. The summed E-state index contributed by atoms with van der Waals surface area (Å²) in [6.45, 7) is 1.55. The highest BCUT2D eigenvalue weighted by Gasteiger charge is 2.39. The third-order valence-electron chi connectivity index (χ3n) is 7.31. The van der Waals surface area contributed by atoms with Gasteiger partial charge in [-0.2, -0.15) is 0 Å². The summed E-state index contributed by atoms with van der Waals surface area (Å²) in [5.74, 6) is 1.57. The zero-order valence-corrected chi connectivity index (χ0v) is 21.1. The van der Waals surface area contributed by atoms with Crippen LogP contribution in [0.25, 0.3) is 0 Å². The maximum Gasteiger partial charge on any atom is 0.225 e. The Kier molecular flexibility index (Phi) is 7.45. The molecule has 4 aromatic rings. The molecule has 1 saturated heterocycles. The lowest BCUT2D eigenvalue weighted by molar-refractivity contribution is -0.123. The highest BCUT2D eigenvalue weighted by Crippen LogP contribution is 2.41. The summed E-state index contributed by atoms with van der Waals surface area (Å²) < 4.78 is 5.54. The quantitative estimate of drug-likeness (QED) is 0.361. The van der Waals surface area contributed by atoms with Crippen LogP contribution in [0.4, 0.5) is 5.95 Å². The molecular formula is C31H32N4O2. The molecule has 3 aromatic carbocycles. The van der Waals surface area contributed by atoms with Gasteiger partial charge in [0.25, 0.3) is 0 Å². The third-order valence-corrected chi connectivity index (χ3v) is 7.31. The largest absolute Gasteiger partial charge is 0.497 e. The van der Waals surface area contributed by atoms with Gasteiger partial charge in [-0.1, -0.05) is 72.8 Å². The first-order valence-corrected chi connectivity index (χ1v) is 12.7. The Hall–Kier alpha value is -4.19. The zero-order chi connectivity index (χ0) is 25.5. The molecule has 0 aliphatic carbocycles. The van der Waals surface area contributed by atoms with Gasteiger partial charge < -0.3 is 15.0 Å². The van der Waals surface area contributed by atoms with Gasteiger partial charge >= 0.3 is 0 Å². The minimum Gasteiger partial charge on any atom is -0.497 e. The van der Waals surface area contributed by atoms with Crippen LogP contribution < -0.4 is 15.0 Å². The molecule has 0 unspecified atom stereocenters. The molecule has 0 radical (unpaired) electrons. The molecule has 1 amide bonds. The Morgan fingerprint density at radius 3 is 2.11 bits per heavy atom. The van der Waals surface area contributed by atoms with E-state index < -0.39 is 0 Å². The van der Waals surface area contributed by atoms with Crippen molar-refractivity contribution in [1.82, 2.24) is 15.3 Å². The molecule has 1 aliphatic rings. The number of carbonyl (C=O) groups excluding carboxylic acids is 1. The highest BCUT2D eigenvalue weighted by molar-refractivity contribution is 5.79. The SMILES string of the molecule is COc1cccc(C2(CC(=O)NC(c3ccccc3)c3ccccc3)CCN(c3ncccn3)CC2)c1. The molecule has 0 saturated carbocycles. The number of benzene rings is 3. The second-order valence-electron chi connectivity index (χ2n) is 9.55. The van der Waals surface area contributed by atoms with Crippen molar-refractivity contribution < 1.29 is 9.53 Å². The average molecular weight is 493 g/mol. The van der Waals surface area contributed by atoms with Crippen molar-refractivity contribution >= 4 is 11.9 Å². The summed E-state index contributed by atoms with van der Waals surface area (Å²) in [6, 6.07) is 30.1. The van der Waals surface area contributed by atoms with E-state index in [4.69, 9.17) is 4.74 Å². The topological polar surface area (TPSA) is 67.3 Å². The minimum atomic E-state index is -0.318. The number of methoxy groups -OCH3 is 1. The molecule has 6 heteroatoms. The second kappa shape index (κ2) is 11.2. The summed E-state index contributed by atoms with van der Waals surface area (Å²) in [4.78, 5) is 24.8. The van der Waals surface area contributed by atoms with Gasteiger partial charge in [-0.3, -0.25) is 4.79 Å². The van der Waals surface area contributed by atoms with Crippen molar-refractivity contribution in [3.63, 3.8) is 0 Å². The van der Waals surface area contributed by atoms with Gasteiger partial charge in [0.1, 0.15) is 5.75 Å². The molecule has 1 N–H and O–H groups in total. The van der Waals surface area contributed by atoms with E-state index in [1.165, 1.54) is 0 Å². The number of hydrogen-bond acceptors (Lipinski definition) is 5. The molecule has 188 valence electrons. The smallest absolute Gasteiger partial charge is 0.225 e. The number of piperidine rings is 1. The number of carbonyl (C=O) groups is 1. The Balaban J connectivity index is 1.41. The van der Waals surface area contributed by atoms with Crippen LogP contribution in [0.1, 0.15) is 42.0 Å². The first kappa shape index (κ1) is 24.5. The fourth-order valence-electron chi connectivity index (χ4n) is 5.28. The standard InChI is InChI=1S/C31H32N4O2/c1-37-27-15-8-14-26(22-27)31(16-20-35(21-17-31)30-32-18-9-19-33-30)23-28(36)34-29(24-10-4-2-5-11-24)25-12-6-3-7-13-25/h2-15,18-19,22,29H,16-17,20-21,23H2,1H3,(H,34,36). The molecule has 37 heavy (non-hydrogen) atoms. The van der Waals surface area contributed by atoms with Crippen molar-refractivity contribution in [2.45, 2.75) is 30.7 Å². The first-order chi connectivity index (χ1) is 18.2. The predicted molar refractivity (Wildman–Crippen MR) is 146 cm³/mol. The molecule has 0 atom stereocenters. The van der Waals surface area contributed by atoms with E-state index >= 15 is 0 Å². The Morgan fingerprint density at radius 2 is 1.51 bits per heavy atom. The fourth-order valence-corrected chi connectivity index (χ4v) is 5.28. The van der Waals surface area contributed by atoms with Crippen molar-refractivity contribution in [3.05, 3.63) is 120 Å². The van der Waals surface area contributed by atoms with Crippen LogP contribution >= 0.6 is 0 Å². The molecule has 2 heterocycles. The number of aromatic nitrogens is 2. The van der Waals surface area contributed by atoms with Crippen LogP contribution in [0.2, 0.25) is 0 Å². The van der Waals surface area contributed by atoms with Crippen molar-refractivity contribution in [2.24, 2.45) is 0 Å². The number of nitrogens with one attached hydrogen (secondary N) is 1. The first-order valence-electron chi connectivity index (χ1n) is 12.7. The van der Waals surface area contributed by atoms with Gasteiger partial charge in [-0.25, -0.2) is 9.97 Å². The number of rotatable bonds is 8. The lowest BCUT2D eigenvalue weighted by Gasteiger charge is -2.42. The van der Waals surface area contributed by atoms with Gasteiger partial charge in [0.2, 0.25) is 11.9 Å². The van der Waals surface area contributed by atoms with Crippen LogP contribution in [0.15, 0.2) is 103 Å². The van der Waals surface area contributed by atoms with Crippen LogP contribution in [-0.4, -0.2) is 36.1 Å². The molecule has 1 fully saturated rings. The van der Waals surface area contributed by atoms with E-state index in [9.17, 15) is 4.79 Å². The molecule has 0 spiro atoms. The summed E-state index contributed by atoms with van der Waals surface area (Å²) in [6.07, 6.45) is 5.56. The second-order valence-corrected chi connectivity index (χ2v) is 9.55. The lowest BCUT2D eigenvalue weighted by Crippen LogP contribution is -2.46. The van der Waals surface area contributed by atoms with Gasteiger partial charge in [-0.15, -0.1) is 0 Å². The molecular weight excluding hydrogens is 460 g/mol. The average Bonchev–Trinajstić information content (AvgIpc) is 2.97. The van der Waals surface area contributed by atoms with E-state index in [0.29, 0.717) is 6.42 Å². The van der Waals surface area contributed by atoms with Gasteiger partial charge in [0, 0.05) is 37.3 Å². The van der Waals surface area contributed by atoms with Crippen LogP contribution in [0, 0.1) is 0 Å². The van der Waals surface area contributed by atoms with E-state index in [0.717, 1.165) is 54.3 Å². The normalized spacial score (nSPS) is 14.8. The van der Waals surface area contributed by atoms with Crippen molar-refractivity contribution in [1.29, 1.82) is 0 Å². The fraction of sp³-hybridized carbons (Fsp3) is 0.258. The molecule has 1 aliphatic heterocycles. The molecule has 1 aromatic heterocycles. The summed E-state index contributed by atoms with van der Waals surface area (Å²) in [5.41, 5.74) is 2.94. The van der Waals surface area contributed by atoms with Crippen LogP contribution in [0.5, 0.6) is 5.75 Å². The Bertz CT molecular complexity index is 1250. The lowest BCUT2D eigenvalue weighted by atomic mass is 9.70. The Labute approximate surface area is 218 Å². The van der Waals surface area contributed by atoms with Crippen LogP contribution in [0.3, 0.4) is 0 Å². The van der Waals surface area contributed by atoms with E-state index in [2.05, 4.69) is 56.6 Å². The predicted octanol–water partition coefficient (Wildman–Crippen LogP) is 5.32. The number of ether oxygens (including phenoxy) is 1. The third kappa shape index (κ3) is 5.64. The van der Waals surface area contributed by atoms with Crippen molar-refractivity contribution in [3.8, 4) is 5.75 Å². The van der Waals surface area contributed by atoms with Crippen molar-refractivity contribution in [2.75, 3.05) is 25.1 Å². The number of hydrogen-bond donors (Lipinski definition) is 1. The zero-order valence-electron chi connectivity index (χ0n) is 21.1. The molecule has 0 bridgehead atoms. The number of anilines is 1. The summed E-state index contributed by atoms with van der Waals surface area (Å²) in [7, 11) is 1.68. The van der Waals surface area contributed by atoms with Gasteiger partial charge in [0.15, 0.2) is 0 Å². The maximum atomic E-state index is 13.8. The van der Waals surface area contributed by atoms with Crippen LogP contribution in [-0.2, 0) is 10.2 Å².